The van der Waals surface area contributed by atoms with Gasteiger partial charge < -0.3 is 9.80 Å². The van der Waals surface area contributed by atoms with Crippen molar-refractivity contribution >= 4 is 57.2 Å². The Morgan fingerprint density at radius 1 is 0.429 bits per heavy atom. The van der Waals surface area contributed by atoms with E-state index >= 15 is 0 Å². The largest absolute Gasteiger partial charge is 0.311 e. The molecule has 2 aliphatic carbocycles. The van der Waals surface area contributed by atoms with Crippen molar-refractivity contribution in [3.63, 3.8) is 0 Å². The second-order valence-electron chi connectivity index (χ2n) is 28.3. The van der Waals surface area contributed by atoms with Crippen molar-refractivity contribution in [2.24, 2.45) is 0 Å². The second kappa shape index (κ2) is 15.7. The molecular formula is C67H83BN2. The summed E-state index contributed by atoms with van der Waals surface area (Å²) in [5.74, 6) is 0.312. The maximum absolute atomic E-state index is 2.74. The molecule has 0 atom stereocenters. The van der Waals surface area contributed by atoms with Crippen molar-refractivity contribution in [2.45, 2.75) is 201 Å². The molecule has 2 aliphatic heterocycles. The predicted molar refractivity (Wildman–Crippen MR) is 307 cm³/mol. The minimum Gasteiger partial charge on any atom is -0.311 e. The van der Waals surface area contributed by atoms with E-state index in [0.29, 0.717) is 5.92 Å². The third-order valence-electron chi connectivity index (χ3n) is 17.8. The third kappa shape index (κ3) is 7.81. The lowest BCUT2D eigenvalue weighted by molar-refractivity contribution is 0.332. The number of rotatable bonds is 4. The maximum Gasteiger partial charge on any atom is 0.252 e. The highest BCUT2D eigenvalue weighted by molar-refractivity contribution is 7.00. The molecule has 6 aromatic rings. The fraction of sp³-hybridized carbons (Fsp3) is 0.463. The van der Waals surface area contributed by atoms with Gasteiger partial charge in [-0.05, 0) is 184 Å². The van der Waals surface area contributed by atoms with Gasteiger partial charge in [0, 0.05) is 34.0 Å². The van der Waals surface area contributed by atoms with Crippen LogP contribution in [0.5, 0.6) is 0 Å². The van der Waals surface area contributed by atoms with Crippen LogP contribution in [-0.4, -0.2) is 6.71 Å². The zero-order chi connectivity index (χ0) is 50.6. The van der Waals surface area contributed by atoms with E-state index in [-0.39, 0.29) is 44.6 Å². The Morgan fingerprint density at radius 3 is 1.49 bits per heavy atom. The average molecular weight is 927 g/mol. The van der Waals surface area contributed by atoms with Gasteiger partial charge in [0.25, 0.3) is 6.71 Å². The van der Waals surface area contributed by atoms with Gasteiger partial charge in [-0.15, -0.1) is 0 Å². The molecule has 70 heavy (non-hydrogen) atoms. The molecular weight excluding hydrogens is 844 g/mol. The van der Waals surface area contributed by atoms with Crippen LogP contribution in [0.4, 0.5) is 34.1 Å². The van der Waals surface area contributed by atoms with Crippen LogP contribution in [0.15, 0.2) is 103 Å². The summed E-state index contributed by atoms with van der Waals surface area (Å²) in [5.41, 5.74) is 26.3. The predicted octanol–water partition coefficient (Wildman–Crippen LogP) is 17.2. The number of benzene rings is 6. The van der Waals surface area contributed by atoms with Crippen molar-refractivity contribution in [2.75, 3.05) is 9.80 Å². The Kier molecular flexibility index (Phi) is 10.9. The molecule has 3 heteroatoms. The number of hydrogen-bond donors (Lipinski definition) is 0. The van der Waals surface area contributed by atoms with Gasteiger partial charge in [0.2, 0.25) is 0 Å². The summed E-state index contributed by atoms with van der Waals surface area (Å²) in [5, 5.41) is 0. The van der Waals surface area contributed by atoms with Gasteiger partial charge in [-0.3, -0.25) is 0 Å². The summed E-state index contributed by atoms with van der Waals surface area (Å²) in [6.07, 6.45) is 4.74. The van der Waals surface area contributed by atoms with Gasteiger partial charge in [0.05, 0.1) is 5.69 Å². The van der Waals surface area contributed by atoms with Crippen LogP contribution in [0.1, 0.15) is 208 Å². The summed E-state index contributed by atoms with van der Waals surface area (Å²) < 4.78 is 0. The van der Waals surface area contributed by atoms with E-state index in [1.54, 1.807) is 0 Å². The lowest BCUT2D eigenvalue weighted by atomic mass is 9.33. The highest BCUT2D eigenvalue weighted by Gasteiger charge is 2.48. The molecule has 0 aromatic heterocycles. The van der Waals surface area contributed by atoms with E-state index in [4.69, 9.17) is 0 Å². The first-order valence-corrected chi connectivity index (χ1v) is 26.9. The van der Waals surface area contributed by atoms with Crippen LogP contribution in [0.3, 0.4) is 0 Å². The molecule has 0 radical (unpaired) electrons. The molecule has 0 unspecified atom stereocenters. The zero-order valence-electron chi connectivity index (χ0n) is 46.7. The summed E-state index contributed by atoms with van der Waals surface area (Å²) in [6, 6.07) is 42.5. The summed E-state index contributed by atoms with van der Waals surface area (Å²) in [7, 11) is 0. The molecule has 0 N–H and O–H groups in total. The number of hydrogen-bond acceptors (Lipinski definition) is 2. The van der Waals surface area contributed by atoms with Crippen LogP contribution in [-0.2, 0) is 37.9 Å². The molecule has 0 bridgehead atoms. The van der Waals surface area contributed by atoms with Crippen molar-refractivity contribution < 1.29 is 0 Å². The molecule has 0 saturated heterocycles. The van der Waals surface area contributed by atoms with Gasteiger partial charge in [0.1, 0.15) is 0 Å². The highest BCUT2D eigenvalue weighted by Crippen LogP contribution is 2.54. The molecule has 0 saturated carbocycles. The van der Waals surface area contributed by atoms with Crippen LogP contribution in [0, 0.1) is 0 Å². The monoisotopic (exact) mass is 927 g/mol. The molecule has 6 aromatic carbocycles. The Morgan fingerprint density at radius 2 is 0.914 bits per heavy atom. The molecule has 0 amide bonds. The second-order valence-corrected chi connectivity index (χ2v) is 28.3. The van der Waals surface area contributed by atoms with Gasteiger partial charge in [-0.2, -0.15) is 0 Å². The van der Waals surface area contributed by atoms with Gasteiger partial charge >= 0.3 is 0 Å². The molecule has 2 heterocycles. The quantitative estimate of drug-likeness (QED) is 0.162. The minimum atomic E-state index is -0.0352. The van der Waals surface area contributed by atoms with Gasteiger partial charge in [0.15, 0.2) is 0 Å². The molecule has 4 aliphatic rings. The van der Waals surface area contributed by atoms with Gasteiger partial charge in [-0.25, -0.2) is 0 Å². The first-order valence-electron chi connectivity index (χ1n) is 26.9. The molecule has 0 spiro atoms. The lowest BCUT2D eigenvalue weighted by Gasteiger charge is -2.48. The van der Waals surface area contributed by atoms with E-state index in [9.17, 15) is 0 Å². The SMILES string of the molecule is CC(C)c1cc2c3c(c1)N(c1ccc(C(C)(C)C)cc1-c1cccc(C(C)(C)C)c1)c1ccc(C(C)(C)C)cc1B3c1cc3c(cc1N2c1ccc2c(c1)C(C)(C)CCC2(C)C)C(C)(C)CCC3(C)C. The fourth-order valence-corrected chi connectivity index (χ4v) is 12.7. The topological polar surface area (TPSA) is 6.48 Å². The maximum atomic E-state index is 2.74. The van der Waals surface area contributed by atoms with Crippen molar-refractivity contribution in [3.05, 3.63) is 148 Å². The van der Waals surface area contributed by atoms with E-state index in [0.717, 1.165) is 0 Å². The van der Waals surface area contributed by atoms with Crippen molar-refractivity contribution in [3.8, 4) is 11.1 Å². The molecule has 2 nitrogen and oxygen atoms in total. The summed E-state index contributed by atoms with van der Waals surface area (Å²) >= 11 is 0. The zero-order valence-corrected chi connectivity index (χ0v) is 46.7. The first-order chi connectivity index (χ1) is 32.4. The molecule has 10 rings (SSSR count). The van der Waals surface area contributed by atoms with E-state index < -0.39 is 0 Å². The van der Waals surface area contributed by atoms with Crippen molar-refractivity contribution in [1.82, 2.24) is 0 Å². The van der Waals surface area contributed by atoms with Crippen LogP contribution in [0.2, 0.25) is 0 Å². The standard InChI is InChI=1S/C67H83BN2/c1-41(2)43-34-58-60-59(35-43)70(55-27-23-45(62(6,7)8)36-48(55)42-21-20-22-44(33-42)61(3,4)5)56-28-24-46(63(9,10)11)37-53(56)68(60)54-39-51-52(67(18,19)32-31-66(51,16)17)40-57(54)69(58)47-25-26-49-50(38-47)65(14,15)30-29-64(49,12)13/h20-28,33-41H,29-32H2,1-19H3. The molecule has 0 fully saturated rings. The Hall–Kier alpha value is -5.02. The van der Waals surface area contributed by atoms with Crippen molar-refractivity contribution in [1.29, 1.82) is 0 Å². The van der Waals surface area contributed by atoms with Crippen LogP contribution in [0.25, 0.3) is 11.1 Å². The molecule has 364 valence electrons. The smallest absolute Gasteiger partial charge is 0.252 e. The number of anilines is 6. The van der Waals surface area contributed by atoms with Crippen LogP contribution < -0.4 is 26.2 Å². The minimum absolute atomic E-state index is 0.0122. The summed E-state index contributed by atoms with van der Waals surface area (Å²) in [4.78, 5) is 5.43. The van der Waals surface area contributed by atoms with Gasteiger partial charge in [-0.1, -0.05) is 186 Å². The van der Waals surface area contributed by atoms with E-state index in [1.807, 2.05) is 0 Å². The Bertz CT molecular complexity index is 3100. The van der Waals surface area contributed by atoms with E-state index in [1.165, 1.54) is 132 Å². The van der Waals surface area contributed by atoms with E-state index in [2.05, 4.69) is 244 Å². The Labute approximate surface area is 424 Å². The first kappa shape index (κ1) is 48.6. The number of fused-ring (bicyclic) bond motifs is 6. The third-order valence-corrected chi connectivity index (χ3v) is 17.8. The Balaban J connectivity index is 1.36. The lowest BCUT2D eigenvalue weighted by Crippen LogP contribution is -2.62. The summed E-state index contributed by atoms with van der Waals surface area (Å²) in [6.45, 7) is 45.9. The average Bonchev–Trinajstić information content (AvgIpc) is 3.27. The fourth-order valence-electron chi connectivity index (χ4n) is 12.7. The van der Waals surface area contributed by atoms with Crippen LogP contribution >= 0.6 is 0 Å². The normalized spacial score (nSPS) is 18.5. The highest BCUT2D eigenvalue weighted by atomic mass is 15.2. The number of nitrogens with zero attached hydrogens (tertiary/aromatic N) is 2.